The molecule has 3 aromatic rings. The van der Waals surface area contributed by atoms with Crippen LogP contribution in [-0.2, 0) is 4.74 Å². The van der Waals surface area contributed by atoms with E-state index in [0.717, 1.165) is 29.7 Å². The Hall–Kier alpha value is -3.46. The Labute approximate surface area is 185 Å². The fourth-order valence-electron chi connectivity index (χ4n) is 4.58. The quantitative estimate of drug-likeness (QED) is 0.498. The fourth-order valence-corrected chi connectivity index (χ4v) is 4.58. The topological polar surface area (TPSA) is 105 Å². The summed E-state index contributed by atoms with van der Waals surface area (Å²) in [6, 6.07) is 12.8. The summed E-state index contributed by atoms with van der Waals surface area (Å²) in [6.07, 6.45) is 1.61. The van der Waals surface area contributed by atoms with E-state index in [1.54, 1.807) is 17.0 Å². The first-order chi connectivity index (χ1) is 15.6. The lowest BCUT2D eigenvalue weighted by molar-refractivity contribution is -0.384. The van der Waals surface area contributed by atoms with Crippen LogP contribution in [0.25, 0.3) is 11.0 Å². The number of morpholine rings is 1. The first-order valence-electron chi connectivity index (χ1n) is 11.0. The van der Waals surface area contributed by atoms with E-state index in [4.69, 9.17) is 9.72 Å². The number of H-pyrrole nitrogens is 1. The van der Waals surface area contributed by atoms with Gasteiger partial charge in [0.2, 0.25) is 0 Å². The van der Waals surface area contributed by atoms with Crippen LogP contribution in [0, 0.1) is 10.1 Å². The number of nitro benzene ring substituents is 1. The van der Waals surface area contributed by atoms with Gasteiger partial charge in [0.1, 0.15) is 11.5 Å². The van der Waals surface area contributed by atoms with Crippen LogP contribution < -0.4 is 4.90 Å². The largest absolute Gasteiger partial charge is 0.378 e. The van der Waals surface area contributed by atoms with Crippen LogP contribution in [-0.4, -0.2) is 65.1 Å². The summed E-state index contributed by atoms with van der Waals surface area (Å²) >= 11 is 0. The van der Waals surface area contributed by atoms with Crippen LogP contribution >= 0.6 is 0 Å². The number of piperidine rings is 1. The van der Waals surface area contributed by atoms with Gasteiger partial charge in [-0.05, 0) is 37.1 Å². The maximum absolute atomic E-state index is 13.1. The molecule has 2 saturated heterocycles. The van der Waals surface area contributed by atoms with Crippen molar-refractivity contribution in [2.24, 2.45) is 0 Å². The number of likely N-dealkylation sites (tertiary alicyclic amines) is 1. The smallest absolute Gasteiger partial charge is 0.293 e. The first kappa shape index (κ1) is 20.4. The minimum Gasteiger partial charge on any atom is -0.378 e. The monoisotopic (exact) mass is 435 g/mol. The van der Waals surface area contributed by atoms with E-state index in [9.17, 15) is 14.9 Å². The fraction of sp³-hybridized carbons (Fsp3) is 0.391. The van der Waals surface area contributed by atoms with E-state index in [1.807, 2.05) is 29.2 Å². The Bertz CT molecular complexity index is 1110. The normalized spacial score (nSPS) is 17.6. The number of anilines is 1. The highest BCUT2D eigenvalue weighted by atomic mass is 16.6. The summed E-state index contributed by atoms with van der Waals surface area (Å²) in [6.45, 7) is 3.47. The molecule has 5 rings (SSSR count). The highest BCUT2D eigenvalue weighted by Crippen LogP contribution is 2.32. The lowest BCUT2D eigenvalue weighted by Crippen LogP contribution is -2.38. The Kier molecular flexibility index (Phi) is 5.48. The van der Waals surface area contributed by atoms with Crippen molar-refractivity contribution in [3.8, 4) is 0 Å². The van der Waals surface area contributed by atoms with Crippen LogP contribution in [0.15, 0.2) is 42.5 Å². The van der Waals surface area contributed by atoms with Gasteiger partial charge < -0.3 is 19.5 Å². The zero-order valence-electron chi connectivity index (χ0n) is 17.7. The zero-order chi connectivity index (χ0) is 22.1. The van der Waals surface area contributed by atoms with Crippen molar-refractivity contribution in [3.05, 3.63) is 64.0 Å². The molecular weight excluding hydrogens is 410 g/mol. The number of nitro groups is 1. The maximum Gasteiger partial charge on any atom is 0.293 e. The average molecular weight is 435 g/mol. The molecule has 0 unspecified atom stereocenters. The number of nitrogens with zero attached hydrogens (tertiary/aromatic N) is 4. The van der Waals surface area contributed by atoms with Gasteiger partial charge in [0, 0.05) is 43.7 Å². The Morgan fingerprint density at radius 2 is 1.84 bits per heavy atom. The van der Waals surface area contributed by atoms with E-state index in [2.05, 4.69) is 4.98 Å². The molecular formula is C23H25N5O4. The maximum atomic E-state index is 13.1. The van der Waals surface area contributed by atoms with Gasteiger partial charge in [-0.15, -0.1) is 0 Å². The molecule has 0 aliphatic carbocycles. The Balaban J connectivity index is 1.29. The summed E-state index contributed by atoms with van der Waals surface area (Å²) < 4.78 is 5.34. The molecule has 3 heterocycles. The van der Waals surface area contributed by atoms with Gasteiger partial charge in [0.25, 0.3) is 11.6 Å². The second-order valence-electron chi connectivity index (χ2n) is 8.27. The molecule has 0 saturated carbocycles. The van der Waals surface area contributed by atoms with Gasteiger partial charge in [0.05, 0.1) is 29.2 Å². The van der Waals surface area contributed by atoms with E-state index >= 15 is 0 Å². The van der Waals surface area contributed by atoms with Gasteiger partial charge in [-0.1, -0.05) is 12.1 Å². The predicted octanol–water partition coefficient (Wildman–Crippen LogP) is 3.33. The third-order valence-electron chi connectivity index (χ3n) is 6.35. The zero-order valence-corrected chi connectivity index (χ0v) is 17.7. The molecule has 0 atom stereocenters. The lowest BCUT2D eigenvalue weighted by atomic mass is 9.95. The molecule has 9 nitrogen and oxygen atoms in total. The molecule has 1 amide bonds. The number of amides is 1. The van der Waals surface area contributed by atoms with Crippen LogP contribution in [0.5, 0.6) is 0 Å². The standard InChI is InChI=1S/C23H25N5O4/c29-23(17-5-6-20(21(15-17)28(30)31)26-11-13-32-14-12-26)27-9-7-16(8-10-27)22-24-18-3-1-2-4-19(18)25-22/h1-6,15-16H,7-14H2,(H,24,25). The van der Waals surface area contributed by atoms with Crippen molar-refractivity contribution in [1.29, 1.82) is 0 Å². The number of aromatic nitrogens is 2. The van der Waals surface area contributed by atoms with Crippen molar-refractivity contribution in [1.82, 2.24) is 14.9 Å². The number of carbonyl (C=O) groups is 1. The molecule has 1 N–H and O–H groups in total. The van der Waals surface area contributed by atoms with Gasteiger partial charge in [-0.25, -0.2) is 4.98 Å². The summed E-state index contributed by atoms with van der Waals surface area (Å²) in [5.74, 6) is 1.07. The SMILES string of the molecule is O=C(c1ccc(N2CCOCC2)c([N+](=O)[O-])c1)N1CCC(c2nc3ccccc3[nH]2)CC1. The molecule has 0 bridgehead atoms. The molecule has 9 heteroatoms. The third kappa shape index (κ3) is 3.91. The van der Waals surface area contributed by atoms with E-state index in [0.29, 0.717) is 50.6 Å². The second-order valence-corrected chi connectivity index (χ2v) is 8.27. The van der Waals surface area contributed by atoms with E-state index in [1.165, 1.54) is 6.07 Å². The molecule has 0 spiro atoms. The first-order valence-corrected chi connectivity index (χ1v) is 11.0. The molecule has 32 heavy (non-hydrogen) atoms. The molecule has 2 aliphatic heterocycles. The molecule has 1 aromatic heterocycles. The van der Waals surface area contributed by atoms with Crippen LogP contribution in [0.4, 0.5) is 11.4 Å². The van der Waals surface area contributed by atoms with E-state index in [-0.39, 0.29) is 17.5 Å². The number of para-hydroxylation sites is 2. The number of rotatable bonds is 4. The lowest BCUT2D eigenvalue weighted by Gasteiger charge is -2.31. The number of ether oxygens (including phenoxy) is 1. The molecule has 2 aliphatic rings. The van der Waals surface area contributed by atoms with Crippen molar-refractivity contribution in [2.45, 2.75) is 18.8 Å². The van der Waals surface area contributed by atoms with Crippen molar-refractivity contribution in [3.63, 3.8) is 0 Å². The van der Waals surface area contributed by atoms with Crippen molar-refractivity contribution in [2.75, 3.05) is 44.3 Å². The van der Waals surface area contributed by atoms with Gasteiger partial charge in [-0.3, -0.25) is 14.9 Å². The number of benzene rings is 2. The van der Waals surface area contributed by atoms with Crippen molar-refractivity contribution >= 4 is 28.3 Å². The summed E-state index contributed by atoms with van der Waals surface area (Å²) in [5.41, 5.74) is 2.84. The predicted molar refractivity (Wildman–Crippen MR) is 120 cm³/mol. The van der Waals surface area contributed by atoms with Gasteiger partial charge >= 0.3 is 0 Å². The highest BCUT2D eigenvalue weighted by molar-refractivity contribution is 5.96. The minimum absolute atomic E-state index is 0.0325. The Morgan fingerprint density at radius 1 is 1.09 bits per heavy atom. The number of hydrogen-bond donors (Lipinski definition) is 1. The molecule has 2 fully saturated rings. The summed E-state index contributed by atoms with van der Waals surface area (Å²) in [4.78, 5) is 36.2. The number of fused-ring (bicyclic) bond motifs is 1. The van der Waals surface area contributed by atoms with Gasteiger partial charge in [-0.2, -0.15) is 0 Å². The van der Waals surface area contributed by atoms with Gasteiger partial charge in [0.15, 0.2) is 0 Å². The minimum atomic E-state index is -0.407. The Morgan fingerprint density at radius 3 is 2.56 bits per heavy atom. The van der Waals surface area contributed by atoms with Crippen LogP contribution in [0.1, 0.15) is 34.9 Å². The molecule has 166 valence electrons. The number of carbonyl (C=O) groups excluding carboxylic acids is 1. The number of imidazole rings is 1. The number of aromatic amines is 1. The average Bonchev–Trinajstić information content (AvgIpc) is 3.28. The molecule has 0 radical (unpaired) electrons. The van der Waals surface area contributed by atoms with E-state index < -0.39 is 4.92 Å². The third-order valence-corrected chi connectivity index (χ3v) is 6.35. The molecule has 2 aromatic carbocycles. The number of nitrogens with one attached hydrogen (secondary N) is 1. The summed E-state index contributed by atoms with van der Waals surface area (Å²) in [7, 11) is 0. The highest BCUT2D eigenvalue weighted by Gasteiger charge is 2.29. The summed E-state index contributed by atoms with van der Waals surface area (Å²) in [5, 5.41) is 11.7. The second kappa shape index (κ2) is 8.58. The van der Waals surface area contributed by atoms with Crippen LogP contribution in [0.3, 0.4) is 0 Å². The van der Waals surface area contributed by atoms with Crippen molar-refractivity contribution < 1.29 is 14.5 Å². The number of hydrogen-bond acceptors (Lipinski definition) is 6. The van der Waals surface area contributed by atoms with Crippen LogP contribution in [0.2, 0.25) is 0 Å².